The summed E-state index contributed by atoms with van der Waals surface area (Å²) < 4.78 is 13.7. The van der Waals surface area contributed by atoms with E-state index in [0.29, 0.717) is 5.56 Å². The first kappa shape index (κ1) is 11.9. The van der Waals surface area contributed by atoms with Gasteiger partial charge in [0.15, 0.2) is 5.78 Å². The molecule has 0 amide bonds. The van der Waals surface area contributed by atoms with E-state index in [2.05, 4.69) is 0 Å². The number of rotatable bonds is 4. The number of carbonyl (C=O) groups excluding carboxylic acids is 1. The van der Waals surface area contributed by atoms with E-state index in [1.54, 1.807) is 25.1 Å². The molecule has 0 saturated carbocycles. The van der Waals surface area contributed by atoms with E-state index in [4.69, 9.17) is 0 Å². The molecule has 82 valence electrons. The van der Waals surface area contributed by atoms with E-state index < -0.39 is 0 Å². The number of hydrogen-bond donors (Lipinski definition) is 0. The van der Waals surface area contributed by atoms with Crippen molar-refractivity contribution in [1.82, 2.24) is 0 Å². The number of hydrogen-bond acceptors (Lipinski definition) is 1. The SMILES string of the molecule is CCC(CC)C(=O)c1cccc(C)c1F. The maximum Gasteiger partial charge on any atom is 0.168 e. The Morgan fingerprint density at radius 3 is 2.47 bits per heavy atom. The molecule has 1 aromatic carbocycles. The van der Waals surface area contributed by atoms with Gasteiger partial charge in [0, 0.05) is 5.92 Å². The molecule has 0 atom stereocenters. The van der Waals surface area contributed by atoms with E-state index in [1.165, 1.54) is 0 Å². The van der Waals surface area contributed by atoms with Gasteiger partial charge in [0.1, 0.15) is 5.82 Å². The zero-order valence-corrected chi connectivity index (χ0v) is 9.51. The molecule has 0 fully saturated rings. The Labute approximate surface area is 90.3 Å². The fourth-order valence-corrected chi connectivity index (χ4v) is 1.72. The zero-order valence-electron chi connectivity index (χ0n) is 9.51. The summed E-state index contributed by atoms with van der Waals surface area (Å²) in [4.78, 5) is 11.9. The molecule has 0 heterocycles. The van der Waals surface area contributed by atoms with Gasteiger partial charge in [-0.25, -0.2) is 4.39 Å². The Morgan fingerprint density at radius 2 is 1.93 bits per heavy atom. The smallest absolute Gasteiger partial charge is 0.168 e. The molecule has 1 rings (SSSR count). The zero-order chi connectivity index (χ0) is 11.4. The van der Waals surface area contributed by atoms with Gasteiger partial charge in [0.05, 0.1) is 5.56 Å². The number of ketones is 1. The number of carbonyl (C=O) groups is 1. The van der Waals surface area contributed by atoms with Gasteiger partial charge in [0.25, 0.3) is 0 Å². The molecule has 1 aromatic rings. The van der Waals surface area contributed by atoms with E-state index >= 15 is 0 Å². The topological polar surface area (TPSA) is 17.1 Å². The summed E-state index contributed by atoms with van der Waals surface area (Å²) in [5.41, 5.74) is 0.774. The van der Waals surface area contributed by atoms with Crippen LogP contribution >= 0.6 is 0 Å². The van der Waals surface area contributed by atoms with Gasteiger partial charge in [-0.3, -0.25) is 4.79 Å². The first-order valence-corrected chi connectivity index (χ1v) is 5.41. The second kappa shape index (κ2) is 5.06. The van der Waals surface area contributed by atoms with Gasteiger partial charge >= 0.3 is 0 Å². The van der Waals surface area contributed by atoms with Crippen molar-refractivity contribution in [3.05, 3.63) is 35.1 Å². The minimum Gasteiger partial charge on any atom is -0.294 e. The van der Waals surface area contributed by atoms with Crippen molar-refractivity contribution < 1.29 is 9.18 Å². The monoisotopic (exact) mass is 208 g/mol. The predicted molar refractivity (Wildman–Crippen MR) is 59.5 cm³/mol. The van der Waals surface area contributed by atoms with Crippen LogP contribution in [-0.4, -0.2) is 5.78 Å². The highest BCUT2D eigenvalue weighted by atomic mass is 19.1. The molecule has 0 aliphatic carbocycles. The van der Waals surface area contributed by atoms with Crippen LogP contribution in [0.1, 0.15) is 42.6 Å². The fraction of sp³-hybridized carbons (Fsp3) is 0.462. The van der Waals surface area contributed by atoms with Crippen molar-refractivity contribution in [2.45, 2.75) is 33.6 Å². The standard InChI is InChI=1S/C13H17FO/c1-4-10(5-2)13(15)11-8-6-7-9(3)12(11)14/h6-8,10H,4-5H2,1-3H3. The number of benzene rings is 1. The van der Waals surface area contributed by atoms with E-state index in [0.717, 1.165) is 12.8 Å². The van der Waals surface area contributed by atoms with Crippen LogP contribution in [0.3, 0.4) is 0 Å². The molecule has 1 nitrogen and oxygen atoms in total. The van der Waals surface area contributed by atoms with Gasteiger partial charge in [-0.2, -0.15) is 0 Å². The van der Waals surface area contributed by atoms with Crippen molar-refractivity contribution in [3.63, 3.8) is 0 Å². The Hall–Kier alpha value is -1.18. The fourth-order valence-electron chi connectivity index (χ4n) is 1.72. The van der Waals surface area contributed by atoms with Crippen molar-refractivity contribution in [1.29, 1.82) is 0 Å². The summed E-state index contributed by atoms with van der Waals surface area (Å²) >= 11 is 0. The second-order valence-electron chi connectivity index (χ2n) is 3.81. The first-order valence-electron chi connectivity index (χ1n) is 5.41. The van der Waals surface area contributed by atoms with Gasteiger partial charge in [-0.1, -0.05) is 26.0 Å². The lowest BCUT2D eigenvalue weighted by atomic mass is 9.92. The Balaban J connectivity index is 3.05. The third kappa shape index (κ3) is 2.44. The third-order valence-electron chi connectivity index (χ3n) is 2.81. The highest BCUT2D eigenvalue weighted by Gasteiger charge is 2.20. The normalized spacial score (nSPS) is 10.7. The van der Waals surface area contributed by atoms with E-state index in [1.807, 2.05) is 13.8 Å². The summed E-state index contributed by atoms with van der Waals surface area (Å²) in [6.07, 6.45) is 1.53. The Bertz CT molecular complexity index is 354. The average Bonchev–Trinajstić information content (AvgIpc) is 2.23. The van der Waals surface area contributed by atoms with Crippen LogP contribution in [0.15, 0.2) is 18.2 Å². The average molecular weight is 208 g/mol. The lowest BCUT2D eigenvalue weighted by Crippen LogP contribution is -2.15. The number of halogens is 1. The number of Topliss-reactive ketones (excluding diaryl/α,β-unsaturated/α-hetero) is 1. The molecule has 15 heavy (non-hydrogen) atoms. The van der Waals surface area contributed by atoms with Crippen LogP contribution in [-0.2, 0) is 0 Å². The molecule has 0 radical (unpaired) electrons. The summed E-state index contributed by atoms with van der Waals surface area (Å²) in [6.45, 7) is 5.60. The molecule has 0 saturated heterocycles. The van der Waals surface area contributed by atoms with Crippen LogP contribution < -0.4 is 0 Å². The van der Waals surface area contributed by atoms with E-state index in [-0.39, 0.29) is 23.1 Å². The molecule has 0 aromatic heterocycles. The minimum atomic E-state index is -0.366. The highest BCUT2D eigenvalue weighted by Crippen LogP contribution is 2.19. The third-order valence-corrected chi connectivity index (χ3v) is 2.81. The van der Waals surface area contributed by atoms with Crippen molar-refractivity contribution in [2.24, 2.45) is 5.92 Å². The van der Waals surface area contributed by atoms with Gasteiger partial charge < -0.3 is 0 Å². The highest BCUT2D eigenvalue weighted by molar-refractivity contribution is 5.98. The molecule has 0 N–H and O–H groups in total. The lowest BCUT2D eigenvalue weighted by molar-refractivity contribution is 0.0909. The predicted octanol–water partition coefficient (Wildman–Crippen LogP) is 3.75. The molecule has 0 spiro atoms. The summed E-state index contributed by atoms with van der Waals surface area (Å²) in [5.74, 6) is -0.489. The second-order valence-corrected chi connectivity index (χ2v) is 3.81. The Kier molecular flexibility index (Phi) is 4.01. The van der Waals surface area contributed by atoms with Crippen molar-refractivity contribution >= 4 is 5.78 Å². The van der Waals surface area contributed by atoms with Gasteiger partial charge in [-0.15, -0.1) is 0 Å². The molecule has 0 aliphatic heterocycles. The molecule has 0 aliphatic rings. The van der Waals surface area contributed by atoms with Crippen LogP contribution in [0.25, 0.3) is 0 Å². The maximum absolute atomic E-state index is 13.7. The van der Waals surface area contributed by atoms with Crippen LogP contribution in [0.4, 0.5) is 4.39 Å². The molecule has 0 unspecified atom stereocenters. The van der Waals surface area contributed by atoms with Crippen LogP contribution in [0.2, 0.25) is 0 Å². The minimum absolute atomic E-state index is 0.0544. The summed E-state index contributed by atoms with van der Waals surface area (Å²) in [5, 5.41) is 0. The first-order chi connectivity index (χ1) is 7.11. The summed E-state index contributed by atoms with van der Waals surface area (Å²) in [6, 6.07) is 4.98. The Morgan fingerprint density at radius 1 is 1.33 bits per heavy atom. The lowest BCUT2D eigenvalue weighted by Gasteiger charge is -2.12. The van der Waals surface area contributed by atoms with Crippen LogP contribution in [0.5, 0.6) is 0 Å². The van der Waals surface area contributed by atoms with E-state index in [9.17, 15) is 9.18 Å². The maximum atomic E-state index is 13.7. The quantitative estimate of drug-likeness (QED) is 0.689. The van der Waals surface area contributed by atoms with Gasteiger partial charge in [-0.05, 0) is 31.4 Å². The molecular weight excluding hydrogens is 191 g/mol. The molecule has 0 bridgehead atoms. The van der Waals surface area contributed by atoms with Crippen molar-refractivity contribution in [2.75, 3.05) is 0 Å². The molecule has 2 heteroatoms. The largest absolute Gasteiger partial charge is 0.294 e. The summed E-state index contributed by atoms with van der Waals surface area (Å²) in [7, 11) is 0. The molecular formula is C13H17FO. The number of aryl methyl sites for hydroxylation is 1. The van der Waals surface area contributed by atoms with Crippen molar-refractivity contribution in [3.8, 4) is 0 Å². The van der Waals surface area contributed by atoms with Gasteiger partial charge in [0.2, 0.25) is 0 Å². The van der Waals surface area contributed by atoms with Crippen LogP contribution in [0, 0.1) is 18.7 Å².